The second-order valence-electron chi connectivity index (χ2n) is 4.46. The summed E-state index contributed by atoms with van der Waals surface area (Å²) in [6.07, 6.45) is 3.13. The van der Waals surface area contributed by atoms with E-state index in [9.17, 15) is 0 Å². The van der Waals surface area contributed by atoms with Gasteiger partial charge in [-0.25, -0.2) is 0 Å². The molecule has 0 spiro atoms. The van der Waals surface area contributed by atoms with E-state index in [0.717, 1.165) is 19.5 Å². The number of hydrogen-bond donors (Lipinski definition) is 1. The highest BCUT2D eigenvalue weighted by molar-refractivity contribution is 4.75. The summed E-state index contributed by atoms with van der Waals surface area (Å²) in [7, 11) is 0. The Morgan fingerprint density at radius 3 is 2.57 bits per heavy atom. The molecule has 14 heavy (non-hydrogen) atoms. The summed E-state index contributed by atoms with van der Waals surface area (Å²) in [5.74, 6) is 0. The highest BCUT2D eigenvalue weighted by Crippen LogP contribution is 2.20. The molecule has 1 aliphatic rings. The van der Waals surface area contributed by atoms with Crippen LogP contribution in [-0.2, 0) is 4.74 Å². The first kappa shape index (κ1) is 12.0. The van der Waals surface area contributed by atoms with Crippen LogP contribution in [-0.4, -0.2) is 48.0 Å². The number of ether oxygens (including phenoxy) is 1. The van der Waals surface area contributed by atoms with E-state index < -0.39 is 0 Å². The Morgan fingerprint density at radius 1 is 1.43 bits per heavy atom. The number of aliphatic hydroxyl groups is 1. The van der Waals surface area contributed by atoms with Crippen molar-refractivity contribution in [2.45, 2.75) is 51.9 Å². The van der Waals surface area contributed by atoms with Crippen molar-refractivity contribution in [3.05, 3.63) is 0 Å². The van der Waals surface area contributed by atoms with Gasteiger partial charge in [-0.15, -0.1) is 0 Å². The summed E-state index contributed by atoms with van der Waals surface area (Å²) in [6, 6.07) is 0.488. The third-order valence-corrected chi connectivity index (χ3v) is 2.88. The van der Waals surface area contributed by atoms with Crippen LogP contribution in [0.2, 0.25) is 0 Å². The summed E-state index contributed by atoms with van der Waals surface area (Å²) < 4.78 is 5.76. The molecule has 3 nitrogen and oxygen atoms in total. The van der Waals surface area contributed by atoms with E-state index in [4.69, 9.17) is 9.84 Å². The normalized spacial score (nSPS) is 27.9. The molecule has 0 radical (unpaired) electrons. The lowest BCUT2D eigenvalue weighted by Crippen LogP contribution is -2.39. The van der Waals surface area contributed by atoms with E-state index in [1.54, 1.807) is 0 Å². The minimum absolute atomic E-state index is 0.237. The molecule has 0 aliphatic carbocycles. The molecule has 1 saturated heterocycles. The standard InChI is InChI=1S/C11H23NO2/c1-9(2)12(6-7-13)8-11-5-4-10(3)14-11/h9-11,13H,4-8H2,1-3H3. The molecule has 0 bridgehead atoms. The minimum atomic E-state index is 0.237. The lowest BCUT2D eigenvalue weighted by atomic mass is 10.2. The lowest BCUT2D eigenvalue weighted by Gasteiger charge is -2.28. The van der Waals surface area contributed by atoms with Crippen molar-refractivity contribution in [3.8, 4) is 0 Å². The summed E-state index contributed by atoms with van der Waals surface area (Å²) in [5, 5.41) is 8.93. The zero-order valence-corrected chi connectivity index (χ0v) is 9.57. The Hall–Kier alpha value is -0.120. The molecular formula is C11H23NO2. The molecule has 1 heterocycles. The molecule has 1 aliphatic heterocycles. The minimum Gasteiger partial charge on any atom is -0.395 e. The quantitative estimate of drug-likeness (QED) is 0.727. The molecule has 0 saturated carbocycles. The van der Waals surface area contributed by atoms with Gasteiger partial charge in [-0.05, 0) is 33.6 Å². The van der Waals surface area contributed by atoms with Crippen LogP contribution in [0.25, 0.3) is 0 Å². The van der Waals surface area contributed by atoms with E-state index >= 15 is 0 Å². The van der Waals surface area contributed by atoms with Crippen molar-refractivity contribution < 1.29 is 9.84 Å². The molecule has 84 valence electrons. The van der Waals surface area contributed by atoms with Crippen molar-refractivity contribution in [2.24, 2.45) is 0 Å². The number of hydrogen-bond acceptors (Lipinski definition) is 3. The maximum Gasteiger partial charge on any atom is 0.0706 e. The van der Waals surface area contributed by atoms with Crippen molar-refractivity contribution in [1.29, 1.82) is 0 Å². The molecule has 1 fully saturated rings. The van der Waals surface area contributed by atoms with Crippen LogP contribution in [0.4, 0.5) is 0 Å². The van der Waals surface area contributed by atoms with Crippen LogP contribution < -0.4 is 0 Å². The van der Waals surface area contributed by atoms with E-state index in [1.165, 1.54) is 6.42 Å². The predicted octanol–water partition coefficient (Wildman–Crippen LogP) is 1.26. The van der Waals surface area contributed by atoms with Crippen molar-refractivity contribution in [2.75, 3.05) is 19.7 Å². The zero-order valence-electron chi connectivity index (χ0n) is 9.57. The Balaban J connectivity index is 2.31. The Kier molecular flexibility index (Phi) is 4.85. The Bertz CT molecular complexity index is 161. The molecule has 0 amide bonds. The first-order chi connectivity index (χ1) is 6.63. The van der Waals surface area contributed by atoms with Gasteiger partial charge in [0.2, 0.25) is 0 Å². The van der Waals surface area contributed by atoms with E-state index in [2.05, 4.69) is 25.7 Å². The van der Waals surface area contributed by atoms with Crippen LogP contribution in [0.5, 0.6) is 0 Å². The second-order valence-corrected chi connectivity index (χ2v) is 4.46. The highest BCUT2D eigenvalue weighted by Gasteiger charge is 2.24. The van der Waals surface area contributed by atoms with Crippen LogP contribution in [0.1, 0.15) is 33.6 Å². The third-order valence-electron chi connectivity index (χ3n) is 2.88. The van der Waals surface area contributed by atoms with Crippen LogP contribution >= 0.6 is 0 Å². The summed E-state index contributed by atoms with van der Waals surface area (Å²) in [5.41, 5.74) is 0. The Morgan fingerprint density at radius 2 is 2.14 bits per heavy atom. The fourth-order valence-electron chi connectivity index (χ4n) is 1.97. The average molecular weight is 201 g/mol. The van der Waals surface area contributed by atoms with Crippen molar-refractivity contribution >= 4 is 0 Å². The van der Waals surface area contributed by atoms with Crippen LogP contribution in [0, 0.1) is 0 Å². The zero-order chi connectivity index (χ0) is 10.6. The summed E-state index contributed by atoms with van der Waals surface area (Å²) in [6.45, 7) is 8.41. The molecule has 2 atom stereocenters. The topological polar surface area (TPSA) is 32.7 Å². The third kappa shape index (κ3) is 3.56. The molecule has 0 aromatic rings. The number of aliphatic hydroxyl groups excluding tert-OH is 1. The van der Waals surface area contributed by atoms with Crippen LogP contribution in [0.3, 0.4) is 0 Å². The molecule has 1 rings (SSSR count). The smallest absolute Gasteiger partial charge is 0.0706 e. The second kappa shape index (κ2) is 5.69. The SMILES string of the molecule is CC1CCC(CN(CCO)C(C)C)O1. The predicted molar refractivity (Wildman–Crippen MR) is 57.4 cm³/mol. The molecule has 2 unspecified atom stereocenters. The first-order valence-corrected chi connectivity index (χ1v) is 5.64. The monoisotopic (exact) mass is 201 g/mol. The van der Waals surface area contributed by atoms with Gasteiger partial charge in [-0.1, -0.05) is 0 Å². The average Bonchev–Trinajstić information content (AvgIpc) is 2.50. The molecule has 0 aromatic carbocycles. The maximum atomic E-state index is 8.93. The fraction of sp³-hybridized carbons (Fsp3) is 1.00. The van der Waals surface area contributed by atoms with Gasteiger partial charge in [0, 0.05) is 19.1 Å². The first-order valence-electron chi connectivity index (χ1n) is 5.64. The van der Waals surface area contributed by atoms with Gasteiger partial charge in [0.15, 0.2) is 0 Å². The van der Waals surface area contributed by atoms with Crippen molar-refractivity contribution in [3.63, 3.8) is 0 Å². The van der Waals surface area contributed by atoms with E-state index in [0.29, 0.717) is 18.2 Å². The number of rotatable bonds is 5. The van der Waals surface area contributed by atoms with E-state index in [1.807, 2.05) is 0 Å². The maximum absolute atomic E-state index is 8.93. The fourth-order valence-corrected chi connectivity index (χ4v) is 1.97. The largest absolute Gasteiger partial charge is 0.395 e. The van der Waals surface area contributed by atoms with Crippen LogP contribution in [0.15, 0.2) is 0 Å². The van der Waals surface area contributed by atoms with E-state index in [-0.39, 0.29) is 6.61 Å². The van der Waals surface area contributed by atoms with Gasteiger partial charge in [-0.3, -0.25) is 4.90 Å². The molecule has 0 aromatic heterocycles. The molecule has 3 heteroatoms. The number of nitrogens with zero attached hydrogens (tertiary/aromatic N) is 1. The van der Waals surface area contributed by atoms with Gasteiger partial charge < -0.3 is 9.84 Å². The Labute approximate surface area is 87.1 Å². The van der Waals surface area contributed by atoms with Gasteiger partial charge in [0.05, 0.1) is 18.8 Å². The highest BCUT2D eigenvalue weighted by atomic mass is 16.5. The molecule has 1 N–H and O–H groups in total. The summed E-state index contributed by atoms with van der Waals surface area (Å²) in [4.78, 5) is 2.28. The van der Waals surface area contributed by atoms with Crippen molar-refractivity contribution in [1.82, 2.24) is 4.90 Å². The van der Waals surface area contributed by atoms with Gasteiger partial charge in [0.25, 0.3) is 0 Å². The van der Waals surface area contributed by atoms with Gasteiger partial charge in [0.1, 0.15) is 0 Å². The molecular weight excluding hydrogens is 178 g/mol. The lowest BCUT2D eigenvalue weighted by molar-refractivity contribution is 0.0208. The summed E-state index contributed by atoms with van der Waals surface area (Å²) >= 11 is 0. The van der Waals surface area contributed by atoms with Gasteiger partial charge >= 0.3 is 0 Å². The van der Waals surface area contributed by atoms with Gasteiger partial charge in [-0.2, -0.15) is 0 Å².